The van der Waals surface area contributed by atoms with Gasteiger partial charge in [0.25, 0.3) is 0 Å². The van der Waals surface area contributed by atoms with Gasteiger partial charge in [-0.1, -0.05) is 58.8 Å². The highest BCUT2D eigenvalue weighted by molar-refractivity contribution is 5.80. The molecular weight excluding hydrogens is 274 g/mol. The maximum Gasteiger partial charge on any atom is 0.152 e. The van der Waals surface area contributed by atoms with E-state index >= 15 is 0 Å². The van der Waals surface area contributed by atoms with Crippen molar-refractivity contribution in [2.45, 2.75) is 97.8 Å². The minimum absolute atomic E-state index is 0.972. The van der Waals surface area contributed by atoms with Gasteiger partial charge in [0, 0.05) is 31.7 Å². The van der Waals surface area contributed by atoms with E-state index in [9.17, 15) is 0 Å². The van der Waals surface area contributed by atoms with Crippen molar-refractivity contribution in [2.24, 2.45) is 0 Å². The van der Waals surface area contributed by atoms with Crippen molar-refractivity contribution in [1.29, 1.82) is 0 Å². The first-order valence-corrected chi connectivity index (χ1v) is 9.39. The first kappa shape index (κ1) is 21.1. The van der Waals surface area contributed by atoms with Crippen LogP contribution in [0.15, 0.2) is 0 Å². The summed E-state index contributed by atoms with van der Waals surface area (Å²) in [4.78, 5) is 8.89. The molecule has 0 aromatic rings. The first-order chi connectivity index (χ1) is 10.6. The summed E-state index contributed by atoms with van der Waals surface area (Å²) in [6, 6.07) is 0. The van der Waals surface area contributed by atoms with Crippen LogP contribution in [-0.2, 0) is 4.79 Å². The molecule has 0 aromatic carbocycles. The fraction of sp³-hybridized carbons (Fsp3) is 0.895. The molecule has 0 aromatic heterocycles. The summed E-state index contributed by atoms with van der Waals surface area (Å²) < 4.78 is 2.65. The highest BCUT2D eigenvalue weighted by Gasteiger charge is 2.19. The number of aliphatic carboxylic acids is 1. The van der Waals surface area contributed by atoms with E-state index in [-0.39, 0.29) is 0 Å². The van der Waals surface area contributed by atoms with Gasteiger partial charge in [0.15, 0.2) is 5.71 Å². The Labute approximate surface area is 137 Å². The van der Waals surface area contributed by atoms with Crippen LogP contribution in [0.25, 0.3) is 0 Å². The zero-order valence-electron chi connectivity index (χ0n) is 15.2. The van der Waals surface area contributed by atoms with E-state index < -0.39 is 5.97 Å². The Morgan fingerprint density at radius 1 is 1.00 bits per heavy atom. The number of carbonyl (C=O) groups excluding carboxylic acids is 1. The topological polar surface area (TPSA) is 43.1 Å². The van der Waals surface area contributed by atoms with Gasteiger partial charge in [0.1, 0.15) is 13.1 Å². The molecule has 130 valence electrons. The zero-order chi connectivity index (χ0) is 16.6. The standard InChI is InChI=1S/C17H34N.C2H4O2/c1-3-5-6-7-8-9-10-11-12-15-18-16-13-14-17(18)4-2;1-2(3)4/h3-16H2,1-2H3;1H3,(H,3,4)/q+1;/p-1. The predicted molar refractivity (Wildman–Crippen MR) is 92.4 cm³/mol. The smallest absolute Gasteiger partial charge is 0.152 e. The largest absolute Gasteiger partial charge is 0.550 e. The Bertz CT molecular complexity index is 307. The van der Waals surface area contributed by atoms with E-state index in [2.05, 4.69) is 18.4 Å². The van der Waals surface area contributed by atoms with Crippen molar-refractivity contribution in [2.75, 3.05) is 13.1 Å². The van der Waals surface area contributed by atoms with E-state index in [0.717, 1.165) is 6.92 Å². The number of hydrogen-bond donors (Lipinski definition) is 0. The van der Waals surface area contributed by atoms with Crippen LogP contribution in [0.4, 0.5) is 0 Å². The SMILES string of the molecule is CC(=O)[O-].CCCCCCCCCCC[N+]1=C(CC)CCC1. The van der Waals surface area contributed by atoms with Crippen molar-refractivity contribution in [3.8, 4) is 0 Å². The van der Waals surface area contributed by atoms with Crippen LogP contribution in [0.5, 0.6) is 0 Å². The molecule has 0 radical (unpaired) electrons. The molecule has 0 N–H and O–H groups in total. The minimum Gasteiger partial charge on any atom is -0.550 e. The van der Waals surface area contributed by atoms with Crippen LogP contribution in [0.1, 0.15) is 97.8 Å². The molecule has 22 heavy (non-hydrogen) atoms. The molecule has 1 aliphatic heterocycles. The molecule has 0 saturated carbocycles. The van der Waals surface area contributed by atoms with Gasteiger partial charge in [-0.3, -0.25) is 0 Å². The lowest BCUT2D eigenvalue weighted by molar-refractivity contribution is -0.521. The monoisotopic (exact) mass is 311 g/mol. The predicted octanol–water partition coefficient (Wildman–Crippen LogP) is 3.93. The normalized spacial score (nSPS) is 14.0. The van der Waals surface area contributed by atoms with Crippen LogP contribution in [0, 0.1) is 0 Å². The Morgan fingerprint density at radius 3 is 2.00 bits per heavy atom. The van der Waals surface area contributed by atoms with Gasteiger partial charge < -0.3 is 9.90 Å². The number of carboxylic acid groups (broad SMARTS) is 1. The summed E-state index contributed by atoms with van der Waals surface area (Å²) in [5.74, 6) is -1.08. The third-order valence-corrected chi connectivity index (χ3v) is 4.28. The molecule has 3 nitrogen and oxygen atoms in total. The molecule has 3 heteroatoms. The van der Waals surface area contributed by atoms with Gasteiger partial charge in [-0.15, -0.1) is 0 Å². The van der Waals surface area contributed by atoms with Gasteiger partial charge in [0.05, 0.1) is 0 Å². The van der Waals surface area contributed by atoms with Crippen LogP contribution in [-0.4, -0.2) is 29.3 Å². The average Bonchev–Trinajstić information content (AvgIpc) is 2.92. The van der Waals surface area contributed by atoms with E-state index in [1.807, 2.05) is 0 Å². The van der Waals surface area contributed by atoms with Crippen LogP contribution in [0.3, 0.4) is 0 Å². The molecule has 1 heterocycles. The lowest BCUT2D eigenvalue weighted by Crippen LogP contribution is -2.16. The molecule has 0 bridgehead atoms. The quantitative estimate of drug-likeness (QED) is 0.428. The molecule has 0 atom stereocenters. The van der Waals surface area contributed by atoms with Crippen molar-refractivity contribution < 1.29 is 14.5 Å². The molecule has 0 unspecified atom stereocenters. The maximum absolute atomic E-state index is 8.89. The minimum atomic E-state index is -1.08. The highest BCUT2D eigenvalue weighted by atomic mass is 16.4. The van der Waals surface area contributed by atoms with Crippen molar-refractivity contribution in [1.82, 2.24) is 0 Å². The third kappa shape index (κ3) is 12.8. The Hall–Kier alpha value is -0.860. The van der Waals surface area contributed by atoms with Gasteiger partial charge in [-0.25, -0.2) is 4.58 Å². The van der Waals surface area contributed by atoms with E-state index in [0.29, 0.717) is 0 Å². The number of rotatable bonds is 11. The average molecular weight is 312 g/mol. The fourth-order valence-corrected chi connectivity index (χ4v) is 3.07. The number of nitrogens with zero attached hydrogens (tertiary/aromatic N) is 1. The molecule has 0 aliphatic carbocycles. The Balaban J connectivity index is 0.000000980. The van der Waals surface area contributed by atoms with Gasteiger partial charge >= 0.3 is 0 Å². The second-order valence-corrected chi connectivity index (χ2v) is 6.33. The summed E-state index contributed by atoms with van der Waals surface area (Å²) >= 11 is 0. The van der Waals surface area contributed by atoms with Crippen molar-refractivity contribution in [3.05, 3.63) is 0 Å². The summed E-state index contributed by atoms with van der Waals surface area (Å²) in [5.41, 5.74) is 1.72. The number of unbranched alkanes of at least 4 members (excludes halogenated alkanes) is 8. The van der Waals surface area contributed by atoms with Crippen LogP contribution in [0.2, 0.25) is 0 Å². The van der Waals surface area contributed by atoms with Crippen molar-refractivity contribution in [3.63, 3.8) is 0 Å². The van der Waals surface area contributed by atoms with E-state index in [4.69, 9.17) is 9.90 Å². The lowest BCUT2D eigenvalue weighted by atomic mass is 10.1. The number of carboxylic acids is 1. The van der Waals surface area contributed by atoms with Gasteiger partial charge in [0.2, 0.25) is 0 Å². The molecular formula is C19H37NO2. The maximum atomic E-state index is 8.89. The summed E-state index contributed by atoms with van der Waals surface area (Å²) in [6.45, 7) is 8.24. The van der Waals surface area contributed by atoms with Crippen molar-refractivity contribution >= 4 is 11.7 Å². The fourth-order valence-electron chi connectivity index (χ4n) is 3.07. The zero-order valence-corrected chi connectivity index (χ0v) is 15.2. The first-order valence-electron chi connectivity index (χ1n) is 9.39. The van der Waals surface area contributed by atoms with E-state index in [1.54, 1.807) is 5.71 Å². The van der Waals surface area contributed by atoms with E-state index in [1.165, 1.54) is 90.1 Å². The molecule has 1 rings (SSSR count). The molecule has 0 amide bonds. The number of hydrogen-bond acceptors (Lipinski definition) is 2. The highest BCUT2D eigenvalue weighted by Crippen LogP contribution is 2.11. The second-order valence-electron chi connectivity index (χ2n) is 6.33. The Morgan fingerprint density at radius 2 is 1.50 bits per heavy atom. The van der Waals surface area contributed by atoms with Gasteiger partial charge in [-0.05, 0) is 13.3 Å². The summed E-state index contributed by atoms with van der Waals surface area (Å²) in [6.07, 6.45) is 17.0. The van der Waals surface area contributed by atoms with Crippen LogP contribution < -0.4 is 5.11 Å². The lowest BCUT2D eigenvalue weighted by Gasteiger charge is -2.03. The molecule has 1 aliphatic rings. The van der Waals surface area contributed by atoms with Gasteiger partial charge in [-0.2, -0.15) is 0 Å². The third-order valence-electron chi connectivity index (χ3n) is 4.28. The second kappa shape index (κ2) is 15.1. The molecule has 0 fully saturated rings. The molecule has 0 saturated heterocycles. The number of carbonyl (C=O) groups is 1. The molecule has 0 spiro atoms. The Kier molecular flexibility index (Phi) is 14.5. The summed E-state index contributed by atoms with van der Waals surface area (Å²) in [5, 5.41) is 8.89. The van der Waals surface area contributed by atoms with Crippen LogP contribution >= 0.6 is 0 Å². The summed E-state index contributed by atoms with van der Waals surface area (Å²) in [7, 11) is 0.